The molecule has 0 aromatic carbocycles. The number of nitrogens with zero attached hydrogens (tertiary/aromatic N) is 3. The quantitative estimate of drug-likeness (QED) is 0.755. The Bertz CT molecular complexity index is 742. The first kappa shape index (κ1) is 14.1. The van der Waals surface area contributed by atoms with Crippen LogP contribution in [-0.2, 0) is 20.6 Å². The second-order valence-corrected chi connectivity index (χ2v) is 6.47. The molecule has 3 unspecified atom stereocenters. The zero-order valence-electron chi connectivity index (χ0n) is 11.4. The first-order chi connectivity index (χ1) is 10.0. The molecule has 0 aliphatic carbocycles. The maximum absolute atomic E-state index is 11.7. The van der Waals surface area contributed by atoms with Crippen molar-refractivity contribution in [3.8, 4) is 0 Å². The highest BCUT2D eigenvalue weighted by Crippen LogP contribution is 2.23. The fraction of sp³-hybridized carbons (Fsp3) is 0.545. The summed E-state index contributed by atoms with van der Waals surface area (Å²) in [6.45, 7) is 2.47. The van der Waals surface area contributed by atoms with E-state index in [2.05, 4.69) is 15.0 Å². The fourth-order valence-electron chi connectivity index (χ4n) is 2.23. The average Bonchev–Trinajstić information content (AvgIpc) is 2.97. The Morgan fingerprint density at radius 3 is 3.19 bits per heavy atom. The Balaban J connectivity index is 1.77. The van der Waals surface area contributed by atoms with Gasteiger partial charge in [0.15, 0.2) is 17.3 Å². The molecule has 0 radical (unpaired) electrons. The molecule has 3 rings (SSSR count). The van der Waals surface area contributed by atoms with Gasteiger partial charge in [-0.1, -0.05) is 4.57 Å². The molecule has 2 aromatic heterocycles. The summed E-state index contributed by atoms with van der Waals surface area (Å²) < 4.78 is 24.0. The summed E-state index contributed by atoms with van der Waals surface area (Å²) in [4.78, 5) is 22.2. The maximum Gasteiger partial charge on any atom is 0.340 e. The van der Waals surface area contributed by atoms with Crippen LogP contribution in [0.1, 0.15) is 0 Å². The Labute approximate surface area is 120 Å². The van der Waals surface area contributed by atoms with Gasteiger partial charge in [0.2, 0.25) is 12.2 Å². The number of hydrogen-bond acceptors (Lipinski definition) is 7. The van der Waals surface area contributed by atoms with Crippen LogP contribution in [0, 0.1) is 0 Å². The van der Waals surface area contributed by atoms with E-state index in [4.69, 9.17) is 15.2 Å². The molecule has 1 saturated heterocycles. The van der Waals surface area contributed by atoms with Crippen molar-refractivity contribution in [1.82, 2.24) is 19.5 Å². The van der Waals surface area contributed by atoms with E-state index in [1.54, 1.807) is 11.2 Å². The van der Waals surface area contributed by atoms with Crippen LogP contribution in [0.25, 0.3) is 11.2 Å². The third kappa shape index (κ3) is 2.94. The monoisotopic (exact) mass is 312 g/mol. The Morgan fingerprint density at radius 1 is 1.62 bits per heavy atom. The predicted octanol–water partition coefficient (Wildman–Crippen LogP) is -0.0995. The van der Waals surface area contributed by atoms with Gasteiger partial charge in [-0.3, -0.25) is 9.78 Å². The molecule has 3 atom stereocenters. The highest BCUT2D eigenvalue weighted by Gasteiger charge is 2.31. The maximum atomic E-state index is 11.7. The molecular formula is C11H15N5O4P+. The van der Waals surface area contributed by atoms with Gasteiger partial charge in [-0.15, -0.1) is 0 Å². The van der Waals surface area contributed by atoms with Crippen molar-refractivity contribution in [2.75, 3.05) is 25.2 Å². The van der Waals surface area contributed by atoms with E-state index >= 15 is 0 Å². The largest absolute Gasteiger partial charge is 0.369 e. The van der Waals surface area contributed by atoms with Gasteiger partial charge >= 0.3 is 7.80 Å². The van der Waals surface area contributed by atoms with Crippen LogP contribution in [-0.4, -0.2) is 51.3 Å². The first-order valence-electron chi connectivity index (χ1n) is 6.39. The number of hydrogen-bond donors (Lipinski definition) is 2. The van der Waals surface area contributed by atoms with Crippen LogP contribution in [0.5, 0.6) is 0 Å². The topological polar surface area (TPSA) is 125 Å². The van der Waals surface area contributed by atoms with Crippen LogP contribution in [0.2, 0.25) is 0 Å². The van der Waals surface area contributed by atoms with Crippen LogP contribution in [0.15, 0.2) is 11.1 Å². The average molecular weight is 312 g/mol. The molecule has 10 heteroatoms. The van der Waals surface area contributed by atoms with Gasteiger partial charge in [0.25, 0.3) is 5.56 Å². The molecule has 21 heavy (non-hydrogen) atoms. The van der Waals surface area contributed by atoms with E-state index in [9.17, 15) is 9.36 Å². The number of aromatic amines is 1. The summed E-state index contributed by atoms with van der Waals surface area (Å²) in [7, 11) is -1.31. The van der Waals surface area contributed by atoms with E-state index < -0.39 is 14.1 Å². The number of nitrogen functional groups attached to an aromatic ring is 1. The van der Waals surface area contributed by atoms with Crippen molar-refractivity contribution < 1.29 is 14.0 Å². The van der Waals surface area contributed by atoms with Gasteiger partial charge in [0, 0.05) is 0 Å². The molecule has 0 bridgehead atoms. The summed E-state index contributed by atoms with van der Waals surface area (Å²) in [6, 6.07) is 0. The van der Waals surface area contributed by atoms with Crippen molar-refractivity contribution >= 4 is 24.9 Å². The number of fused-ring (bicyclic) bond motifs is 1. The first-order valence-corrected chi connectivity index (χ1v) is 8.28. The van der Waals surface area contributed by atoms with E-state index in [1.807, 2.05) is 0 Å². The molecule has 112 valence electrons. The van der Waals surface area contributed by atoms with Gasteiger partial charge in [0.05, 0.1) is 19.5 Å². The molecule has 3 heterocycles. The second kappa shape index (κ2) is 5.51. The fourth-order valence-corrected chi connectivity index (χ4v) is 2.84. The Kier molecular flexibility index (Phi) is 3.71. The lowest BCUT2D eigenvalue weighted by atomic mass is 10.4. The molecule has 0 spiro atoms. The third-order valence-electron chi connectivity index (χ3n) is 3.11. The van der Waals surface area contributed by atoms with Gasteiger partial charge < -0.3 is 19.8 Å². The molecule has 9 nitrogen and oxygen atoms in total. The number of nitrogens with one attached hydrogen (secondary N) is 1. The SMILES string of the molecule is C[P+](=O)CC1OCC(Cn2cnc3c(=O)[nH]c(N)nc32)O1. The summed E-state index contributed by atoms with van der Waals surface area (Å²) in [5.41, 5.74) is 5.81. The Hall–Kier alpha value is -1.83. The van der Waals surface area contributed by atoms with E-state index in [-0.39, 0.29) is 23.1 Å². The minimum atomic E-state index is -1.31. The van der Waals surface area contributed by atoms with E-state index in [1.165, 1.54) is 6.33 Å². The number of nitrogens with two attached hydrogens (primary N) is 1. The van der Waals surface area contributed by atoms with Gasteiger partial charge in [-0.2, -0.15) is 4.98 Å². The molecule has 3 N–H and O–H groups in total. The molecule has 0 amide bonds. The minimum Gasteiger partial charge on any atom is -0.369 e. The standard InChI is InChI=1S/C11H14N5O4P/c1-21(18)4-7-19-3-6(20-7)2-16-5-13-8-9(16)14-11(12)15-10(8)17/h5-7H,2-4H2,1H3,(H2-,12,14,15,17)/p+1. The number of ether oxygens (including phenoxy) is 2. The number of anilines is 1. The summed E-state index contributed by atoms with van der Waals surface area (Å²) in [6.07, 6.45) is 1.24. The van der Waals surface area contributed by atoms with Crippen LogP contribution < -0.4 is 11.3 Å². The number of aromatic nitrogens is 4. The van der Waals surface area contributed by atoms with Crippen LogP contribution >= 0.6 is 7.80 Å². The van der Waals surface area contributed by atoms with Crippen LogP contribution in [0.3, 0.4) is 0 Å². The molecule has 1 aliphatic rings. The molecule has 1 fully saturated rings. The smallest absolute Gasteiger partial charge is 0.340 e. The third-order valence-corrected chi connectivity index (χ3v) is 3.92. The van der Waals surface area contributed by atoms with Crippen molar-refractivity contribution in [3.63, 3.8) is 0 Å². The summed E-state index contributed by atoms with van der Waals surface area (Å²) in [5, 5.41) is 0. The lowest BCUT2D eigenvalue weighted by Gasteiger charge is -2.09. The van der Waals surface area contributed by atoms with Crippen molar-refractivity contribution in [2.24, 2.45) is 0 Å². The zero-order chi connectivity index (χ0) is 15.0. The molecule has 0 saturated carbocycles. The van der Waals surface area contributed by atoms with Gasteiger partial charge in [-0.25, -0.2) is 4.98 Å². The molecule has 2 aromatic rings. The van der Waals surface area contributed by atoms with Gasteiger partial charge in [-0.05, 0) is 0 Å². The highest BCUT2D eigenvalue weighted by atomic mass is 31.1. The number of imidazole rings is 1. The lowest BCUT2D eigenvalue weighted by molar-refractivity contribution is -0.0415. The second-order valence-electron chi connectivity index (χ2n) is 4.85. The lowest BCUT2D eigenvalue weighted by Crippen LogP contribution is -2.20. The predicted molar refractivity (Wildman–Crippen MR) is 75.6 cm³/mol. The normalized spacial score (nSPS) is 22.8. The van der Waals surface area contributed by atoms with Gasteiger partial charge in [0.1, 0.15) is 12.8 Å². The molecule has 1 aliphatic heterocycles. The summed E-state index contributed by atoms with van der Waals surface area (Å²) >= 11 is 0. The van der Waals surface area contributed by atoms with Crippen molar-refractivity contribution in [3.05, 3.63) is 16.7 Å². The van der Waals surface area contributed by atoms with E-state index in [0.717, 1.165) is 0 Å². The number of rotatable bonds is 4. The molecular weight excluding hydrogens is 297 g/mol. The Morgan fingerprint density at radius 2 is 2.43 bits per heavy atom. The highest BCUT2D eigenvalue weighted by molar-refractivity contribution is 7.43. The minimum absolute atomic E-state index is 0.0405. The number of H-pyrrole nitrogens is 1. The van der Waals surface area contributed by atoms with E-state index in [0.29, 0.717) is 25.0 Å². The zero-order valence-corrected chi connectivity index (χ0v) is 12.2. The summed E-state index contributed by atoms with van der Waals surface area (Å²) in [5.74, 6) is 0.0405. The van der Waals surface area contributed by atoms with Crippen molar-refractivity contribution in [2.45, 2.75) is 18.9 Å². The van der Waals surface area contributed by atoms with Crippen molar-refractivity contribution in [1.29, 1.82) is 0 Å². The van der Waals surface area contributed by atoms with Crippen LogP contribution in [0.4, 0.5) is 5.95 Å².